The minimum absolute atomic E-state index is 0.0218. The van der Waals surface area contributed by atoms with Gasteiger partial charge in [-0.15, -0.1) is 0 Å². The van der Waals surface area contributed by atoms with Gasteiger partial charge in [-0.05, 0) is 12.1 Å². The minimum Gasteiger partial charge on any atom is -0.480 e. The van der Waals surface area contributed by atoms with Crippen LogP contribution in [0.25, 0.3) is 0 Å². The van der Waals surface area contributed by atoms with E-state index in [1.165, 1.54) is 24.7 Å². The second kappa shape index (κ2) is 6.36. The highest BCUT2D eigenvalue weighted by atomic mass is 35.5. The molecule has 2 rings (SSSR count). The molecule has 0 saturated heterocycles. The Bertz CT molecular complexity index is 661. The third-order valence-electron chi connectivity index (χ3n) is 2.78. The fraction of sp³-hybridized carbons (Fsp3) is 0.154. The molecular formula is C13H11ClFN3O3. The van der Waals surface area contributed by atoms with E-state index in [4.69, 9.17) is 16.7 Å². The zero-order valence-electron chi connectivity index (χ0n) is 10.6. The van der Waals surface area contributed by atoms with Gasteiger partial charge in [0.15, 0.2) is 0 Å². The molecule has 1 aromatic carbocycles. The van der Waals surface area contributed by atoms with E-state index in [2.05, 4.69) is 15.3 Å². The number of carbonyl (C=O) groups is 2. The van der Waals surface area contributed by atoms with Gasteiger partial charge in [-0.2, -0.15) is 0 Å². The minimum atomic E-state index is -1.22. The molecule has 1 atom stereocenters. The van der Waals surface area contributed by atoms with Crippen LogP contribution in [0.1, 0.15) is 16.1 Å². The van der Waals surface area contributed by atoms with Crippen molar-refractivity contribution >= 4 is 23.5 Å². The number of carbonyl (C=O) groups excluding carboxylic acids is 1. The van der Waals surface area contributed by atoms with Gasteiger partial charge in [-0.1, -0.05) is 17.7 Å². The van der Waals surface area contributed by atoms with Crippen molar-refractivity contribution in [2.75, 3.05) is 0 Å². The average molecular weight is 312 g/mol. The molecule has 21 heavy (non-hydrogen) atoms. The van der Waals surface area contributed by atoms with Crippen molar-refractivity contribution in [3.63, 3.8) is 0 Å². The number of aliphatic carboxylic acids is 1. The quantitative estimate of drug-likeness (QED) is 0.782. The number of halogens is 2. The number of benzene rings is 1. The van der Waals surface area contributed by atoms with E-state index in [0.29, 0.717) is 5.69 Å². The first kappa shape index (κ1) is 15.0. The molecule has 6 nitrogen and oxygen atoms in total. The Morgan fingerprint density at radius 2 is 2.24 bits per heavy atom. The molecule has 2 aromatic rings. The van der Waals surface area contributed by atoms with Crippen LogP contribution in [0.5, 0.6) is 0 Å². The van der Waals surface area contributed by atoms with Crippen LogP contribution in [0.3, 0.4) is 0 Å². The highest BCUT2D eigenvalue weighted by Crippen LogP contribution is 2.19. The van der Waals surface area contributed by atoms with E-state index < -0.39 is 23.7 Å². The summed E-state index contributed by atoms with van der Waals surface area (Å²) in [6.07, 6.45) is 2.88. The van der Waals surface area contributed by atoms with Crippen molar-refractivity contribution < 1.29 is 19.1 Å². The molecule has 0 unspecified atom stereocenters. The normalized spacial score (nSPS) is 11.9. The van der Waals surface area contributed by atoms with Crippen LogP contribution in [0.4, 0.5) is 4.39 Å². The molecule has 0 aliphatic heterocycles. The van der Waals surface area contributed by atoms with Crippen molar-refractivity contribution in [1.82, 2.24) is 15.3 Å². The Kier molecular flexibility index (Phi) is 4.54. The number of aromatic nitrogens is 2. The van der Waals surface area contributed by atoms with Gasteiger partial charge in [0.2, 0.25) is 0 Å². The number of carboxylic acids is 1. The van der Waals surface area contributed by atoms with Gasteiger partial charge in [-0.25, -0.2) is 14.2 Å². The lowest BCUT2D eigenvalue weighted by Crippen LogP contribution is -2.42. The first-order chi connectivity index (χ1) is 9.99. The Morgan fingerprint density at radius 3 is 2.86 bits per heavy atom. The summed E-state index contributed by atoms with van der Waals surface area (Å²) in [5, 5.41) is 11.1. The number of carboxylic acid groups (broad SMARTS) is 1. The lowest BCUT2D eigenvalue weighted by molar-refractivity contribution is -0.139. The molecular weight excluding hydrogens is 301 g/mol. The van der Waals surface area contributed by atoms with Gasteiger partial charge in [0.05, 0.1) is 16.9 Å². The first-order valence-electron chi connectivity index (χ1n) is 5.94. The summed E-state index contributed by atoms with van der Waals surface area (Å²) in [5.41, 5.74) is 0.431. The summed E-state index contributed by atoms with van der Waals surface area (Å²) in [6.45, 7) is 0. The summed E-state index contributed by atoms with van der Waals surface area (Å²) in [5.74, 6) is -2.72. The number of amides is 1. The molecule has 0 bridgehead atoms. The van der Waals surface area contributed by atoms with Crippen LogP contribution >= 0.6 is 11.6 Å². The SMILES string of the molecule is O=C(N[C@H](Cc1cnc[nH]1)C(=O)O)c1cccc(F)c1Cl. The van der Waals surface area contributed by atoms with Crippen LogP contribution in [-0.4, -0.2) is 33.0 Å². The number of hydrogen-bond donors (Lipinski definition) is 3. The van der Waals surface area contributed by atoms with Crippen LogP contribution in [-0.2, 0) is 11.2 Å². The molecule has 110 valence electrons. The Hall–Kier alpha value is -2.41. The molecule has 0 radical (unpaired) electrons. The summed E-state index contributed by atoms with van der Waals surface area (Å²) < 4.78 is 13.3. The van der Waals surface area contributed by atoms with E-state index in [0.717, 1.165) is 6.07 Å². The van der Waals surface area contributed by atoms with Crippen molar-refractivity contribution in [3.8, 4) is 0 Å². The third kappa shape index (κ3) is 3.57. The predicted octanol–water partition coefficient (Wildman–Crippen LogP) is 1.63. The maximum Gasteiger partial charge on any atom is 0.326 e. The largest absolute Gasteiger partial charge is 0.480 e. The summed E-state index contributed by atoms with van der Waals surface area (Å²) >= 11 is 5.69. The molecule has 0 fully saturated rings. The second-order valence-corrected chi connectivity index (χ2v) is 4.62. The van der Waals surface area contributed by atoms with Crippen LogP contribution < -0.4 is 5.32 Å². The molecule has 1 heterocycles. The lowest BCUT2D eigenvalue weighted by atomic mass is 10.1. The number of imidazole rings is 1. The average Bonchev–Trinajstić information content (AvgIpc) is 2.93. The first-order valence-corrected chi connectivity index (χ1v) is 6.31. The summed E-state index contributed by atoms with van der Waals surface area (Å²) in [6, 6.07) is 2.56. The van der Waals surface area contributed by atoms with Crippen LogP contribution in [0.15, 0.2) is 30.7 Å². The number of aromatic amines is 1. The van der Waals surface area contributed by atoms with Crippen molar-refractivity contribution in [2.45, 2.75) is 12.5 Å². The highest BCUT2D eigenvalue weighted by Gasteiger charge is 2.23. The molecule has 0 aliphatic carbocycles. The van der Waals surface area contributed by atoms with E-state index in [9.17, 15) is 14.0 Å². The topological polar surface area (TPSA) is 95.1 Å². The molecule has 0 spiro atoms. The number of rotatable bonds is 5. The fourth-order valence-electron chi connectivity index (χ4n) is 1.73. The molecule has 8 heteroatoms. The molecule has 1 aromatic heterocycles. The van der Waals surface area contributed by atoms with E-state index in [1.807, 2.05) is 0 Å². The van der Waals surface area contributed by atoms with Crippen molar-refractivity contribution in [2.24, 2.45) is 0 Å². The maximum absolute atomic E-state index is 13.3. The number of H-pyrrole nitrogens is 1. The van der Waals surface area contributed by atoms with Crippen LogP contribution in [0.2, 0.25) is 5.02 Å². The number of hydrogen-bond acceptors (Lipinski definition) is 3. The van der Waals surface area contributed by atoms with Crippen molar-refractivity contribution in [1.29, 1.82) is 0 Å². The van der Waals surface area contributed by atoms with Crippen molar-refractivity contribution in [3.05, 3.63) is 52.8 Å². The molecule has 0 saturated carbocycles. The lowest BCUT2D eigenvalue weighted by Gasteiger charge is -2.14. The fourth-order valence-corrected chi connectivity index (χ4v) is 1.94. The zero-order chi connectivity index (χ0) is 15.4. The van der Waals surface area contributed by atoms with Gasteiger partial charge < -0.3 is 15.4 Å². The number of nitrogens with zero attached hydrogens (tertiary/aromatic N) is 1. The van der Waals surface area contributed by atoms with Gasteiger partial charge in [0.1, 0.15) is 11.9 Å². The van der Waals surface area contributed by atoms with E-state index in [-0.39, 0.29) is 17.0 Å². The summed E-state index contributed by atoms with van der Waals surface area (Å²) in [4.78, 5) is 29.7. The maximum atomic E-state index is 13.3. The predicted molar refractivity (Wildman–Crippen MR) is 72.6 cm³/mol. The standard InChI is InChI=1S/C13H11ClFN3O3/c14-11-8(2-1-3-9(11)15)12(19)18-10(13(20)21)4-7-5-16-6-17-7/h1-3,5-6,10H,4H2,(H,16,17)(H,18,19)(H,20,21)/t10-/m1/s1. The van der Waals surface area contributed by atoms with Gasteiger partial charge in [0, 0.05) is 18.3 Å². The van der Waals surface area contributed by atoms with Crippen LogP contribution in [0, 0.1) is 5.82 Å². The van der Waals surface area contributed by atoms with E-state index >= 15 is 0 Å². The molecule has 3 N–H and O–H groups in total. The Labute approximate surface area is 124 Å². The zero-order valence-corrected chi connectivity index (χ0v) is 11.4. The highest BCUT2D eigenvalue weighted by molar-refractivity contribution is 6.34. The van der Waals surface area contributed by atoms with Gasteiger partial charge in [-0.3, -0.25) is 4.79 Å². The Morgan fingerprint density at radius 1 is 1.48 bits per heavy atom. The summed E-state index contributed by atoms with van der Waals surface area (Å²) in [7, 11) is 0. The Balaban J connectivity index is 2.15. The monoisotopic (exact) mass is 311 g/mol. The second-order valence-electron chi connectivity index (χ2n) is 4.25. The molecule has 0 aliphatic rings. The van der Waals surface area contributed by atoms with Gasteiger partial charge in [0.25, 0.3) is 5.91 Å². The van der Waals surface area contributed by atoms with E-state index in [1.54, 1.807) is 0 Å². The van der Waals surface area contributed by atoms with Gasteiger partial charge >= 0.3 is 5.97 Å². The number of nitrogens with one attached hydrogen (secondary N) is 2. The molecule has 1 amide bonds. The smallest absolute Gasteiger partial charge is 0.326 e. The third-order valence-corrected chi connectivity index (χ3v) is 3.16.